The van der Waals surface area contributed by atoms with Gasteiger partial charge < -0.3 is 9.15 Å². The molecule has 4 aromatic rings. The molecule has 1 amide bonds. The van der Waals surface area contributed by atoms with Crippen molar-refractivity contribution < 1.29 is 13.9 Å². The summed E-state index contributed by atoms with van der Waals surface area (Å²) < 4.78 is 11.0. The number of hydrazone groups is 1. The quantitative estimate of drug-likeness (QED) is 0.323. The number of furan rings is 1. The van der Waals surface area contributed by atoms with E-state index in [1.165, 1.54) is 6.21 Å². The van der Waals surface area contributed by atoms with Crippen molar-refractivity contribution in [2.45, 2.75) is 0 Å². The Labute approximate surface area is 161 Å². The lowest BCUT2D eigenvalue weighted by molar-refractivity contribution is 0.0929. The highest BCUT2D eigenvalue weighted by Crippen LogP contribution is 2.28. The van der Waals surface area contributed by atoms with E-state index in [1.54, 1.807) is 18.2 Å². The topological polar surface area (TPSA) is 63.8 Å². The van der Waals surface area contributed by atoms with Crippen LogP contribution in [0.4, 0.5) is 0 Å². The fraction of sp³-hybridized carbons (Fsp3) is 0.0435. The van der Waals surface area contributed by atoms with Gasteiger partial charge in [-0.15, -0.1) is 6.42 Å². The van der Waals surface area contributed by atoms with Gasteiger partial charge in [0.1, 0.15) is 17.9 Å². The molecule has 3 aromatic carbocycles. The molecule has 1 N–H and O–H groups in total. The minimum absolute atomic E-state index is 0.193. The van der Waals surface area contributed by atoms with Gasteiger partial charge in [-0.25, -0.2) is 5.43 Å². The molecule has 0 unspecified atom stereocenters. The smallest absolute Gasteiger partial charge is 0.307 e. The van der Waals surface area contributed by atoms with Gasteiger partial charge in [-0.1, -0.05) is 48.4 Å². The summed E-state index contributed by atoms with van der Waals surface area (Å²) in [6, 6.07) is 20.8. The van der Waals surface area contributed by atoms with Gasteiger partial charge in [0.25, 0.3) is 0 Å². The molecule has 1 heterocycles. The molecule has 0 bridgehead atoms. The zero-order chi connectivity index (χ0) is 19.3. The Morgan fingerprint density at radius 3 is 2.89 bits per heavy atom. The van der Waals surface area contributed by atoms with Crippen molar-refractivity contribution in [2.24, 2.45) is 5.10 Å². The molecule has 0 spiro atoms. The molecular weight excluding hydrogens is 352 g/mol. The van der Waals surface area contributed by atoms with E-state index < -0.39 is 5.91 Å². The number of hydrogen-bond donors (Lipinski definition) is 1. The van der Waals surface area contributed by atoms with Gasteiger partial charge in [0.2, 0.25) is 0 Å². The summed E-state index contributed by atoms with van der Waals surface area (Å²) in [6.45, 7) is 0.193. The maximum absolute atomic E-state index is 12.4. The van der Waals surface area contributed by atoms with E-state index in [4.69, 9.17) is 15.6 Å². The van der Waals surface area contributed by atoms with Crippen molar-refractivity contribution >= 4 is 33.9 Å². The first-order valence-electron chi connectivity index (χ1n) is 8.65. The van der Waals surface area contributed by atoms with E-state index in [0.29, 0.717) is 11.3 Å². The number of fused-ring (bicyclic) bond motifs is 3. The first-order chi connectivity index (χ1) is 13.7. The van der Waals surface area contributed by atoms with Crippen molar-refractivity contribution in [1.82, 2.24) is 5.43 Å². The molecule has 5 nitrogen and oxygen atoms in total. The zero-order valence-electron chi connectivity index (χ0n) is 14.9. The fourth-order valence-electron chi connectivity index (χ4n) is 2.93. The first kappa shape index (κ1) is 17.4. The highest BCUT2D eigenvalue weighted by Gasteiger charge is 2.13. The molecule has 4 rings (SSSR count). The predicted octanol–water partition coefficient (Wildman–Crippen LogP) is 4.36. The van der Waals surface area contributed by atoms with E-state index >= 15 is 0 Å². The molecule has 0 aliphatic carbocycles. The minimum Gasteiger partial charge on any atom is -0.481 e. The van der Waals surface area contributed by atoms with E-state index in [2.05, 4.69) is 16.4 Å². The maximum atomic E-state index is 12.4. The second kappa shape index (κ2) is 7.68. The highest BCUT2D eigenvalue weighted by molar-refractivity contribution is 6.08. The van der Waals surface area contributed by atoms with Crippen LogP contribution in [0.25, 0.3) is 21.7 Å². The summed E-state index contributed by atoms with van der Waals surface area (Å²) in [5.74, 6) is 2.83. The number of rotatable bonds is 5. The number of hydrogen-bond acceptors (Lipinski definition) is 4. The molecule has 0 aliphatic rings. The second-order valence-corrected chi connectivity index (χ2v) is 6.07. The molecule has 1 aromatic heterocycles. The molecule has 0 radical (unpaired) electrons. The summed E-state index contributed by atoms with van der Waals surface area (Å²) >= 11 is 0. The van der Waals surface area contributed by atoms with Gasteiger partial charge in [0, 0.05) is 5.39 Å². The van der Waals surface area contributed by atoms with Crippen molar-refractivity contribution in [3.05, 3.63) is 78.1 Å². The number of nitrogens with zero attached hydrogens (tertiary/aromatic N) is 1. The molecule has 0 saturated carbocycles. The van der Waals surface area contributed by atoms with Gasteiger partial charge in [0.15, 0.2) is 5.76 Å². The van der Waals surface area contributed by atoms with E-state index in [1.807, 2.05) is 48.5 Å². The van der Waals surface area contributed by atoms with E-state index in [-0.39, 0.29) is 12.4 Å². The number of terminal acetylenes is 1. The van der Waals surface area contributed by atoms with Gasteiger partial charge >= 0.3 is 5.91 Å². The van der Waals surface area contributed by atoms with Crippen LogP contribution in [0.5, 0.6) is 5.75 Å². The SMILES string of the molecule is C#CCOc1cccc(/C=N/NC(=O)c2cc3c(ccc4ccccc43)o2)c1. The van der Waals surface area contributed by atoms with Crippen LogP contribution in [0.3, 0.4) is 0 Å². The molecule has 0 saturated heterocycles. The summed E-state index contributed by atoms with van der Waals surface area (Å²) in [5, 5.41) is 7.01. The first-order valence-corrected chi connectivity index (χ1v) is 8.65. The van der Waals surface area contributed by atoms with Crippen LogP contribution in [-0.4, -0.2) is 18.7 Å². The molecular formula is C23H16N2O3. The number of ether oxygens (including phenoxy) is 1. The molecule has 136 valence electrons. The largest absolute Gasteiger partial charge is 0.481 e. The third-order valence-corrected chi connectivity index (χ3v) is 4.21. The summed E-state index contributed by atoms with van der Waals surface area (Å²) in [5.41, 5.74) is 3.91. The zero-order valence-corrected chi connectivity index (χ0v) is 14.9. The highest BCUT2D eigenvalue weighted by atomic mass is 16.5. The molecule has 5 heteroatoms. The van der Waals surface area contributed by atoms with Crippen molar-refractivity contribution in [2.75, 3.05) is 6.61 Å². The average molecular weight is 368 g/mol. The van der Waals surface area contributed by atoms with Gasteiger partial charge in [-0.2, -0.15) is 5.10 Å². The molecule has 0 aliphatic heterocycles. The Morgan fingerprint density at radius 2 is 2.00 bits per heavy atom. The third kappa shape index (κ3) is 3.57. The van der Waals surface area contributed by atoms with Gasteiger partial charge in [-0.3, -0.25) is 4.79 Å². The second-order valence-electron chi connectivity index (χ2n) is 6.07. The molecule has 0 fully saturated rings. The van der Waals surface area contributed by atoms with Crippen LogP contribution in [0.2, 0.25) is 0 Å². The summed E-state index contributed by atoms with van der Waals surface area (Å²) in [6.07, 6.45) is 6.71. The Kier molecular flexibility index (Phi) is 4.77. The third-order valence-electron chi connectivity index (χ3n) is 4.21. The standard InChI is InChI=1S/C23H16N2O3/c1-2-12-27-18-8-5-6-16(13-18)15-24-25-23(26)22-14-20-19-9-4-3-7-17(19)10-11-21(20)28-22/h1,3-11,13-15H,12H2,(H,25,26)/b24-15+. The average Bonchev–Trinajstić information content (AvgIpc) is 3.17. The van der Waals surface area contributed by atoms with Crippen LogP contribution in [0.15, 0.2) is 76.2 Å². The molecule has 0 atom stereocenters. The number of carbonyl (C=O) groups excluding carboxylic acids is 1. The maximum Gasteiger partial charge on any atom is 0.307 e. The van der Waals surface area contributed by atoms with Crippen molar-refractivity contribution in [1.29, 1.82) is 0 Å². The van der Waals surface area contributed by atoms with Crippen LogP contribution in [-0.2, 0) is 0 Å². The van der Waals surface area contributed by atoms with E-state index in [9.17, 15) is 4.79 Å². The van der Waals surface area contributed by atoms with Gasteiger partial charge in [-0.05, 0) is 40.6 Å². The minimum atomic E-state index is -0.420. The lowest BCUT2D eigenvalue weighted by Gasteiger charge is -2.02. The molecule has 28 heavy (non-hydrogen) atoms. The number of carbonyl (C=O) groups is 1. The Balaban J connectivity index is 1.50. The Hall–Kier alpha value is -4.04. The lowest BCUT2D eigenvalue weighted by atomic mass is 10.1. The number of benzene rings is 3. The number of amides is 1. The number of nitrogens with one attached hydrogen (secondary N) is 1. The van der Waals surface area contributed by atoms with Crippen LogP contribution in [0, 0.1) is 12.3 Å². The fourth-order valence-corrected chi connectivity index (χ4v) is 2.93. The van der Waals surface area contributed by atoms with Gasteiger partial charge in [0.05, 0.1) is 6.21 Å². The summed E-state index contributed by atoms with van der Waals surface area (Å²) in [4.78, 5) is 12.4. The van der Waals surface area contributed by atoms with E-state index in [0.717, 1.165) is 21.7 Å². The lowest BCUT2D eigenvalue weighted by Crippen LogP contribution is -2.16. The predicted molar refractivity (Wildman–Crippen MR) is 110 cm³/mol. The van der Waals surface area contributed by atoms with Crippen molar-refractivity contribution in [3.63, 3.8) is 0 Å². The van der Waals surface area contributed by atoms with Crippen LogP contribution in [0.1, 0.15) is 16.1 Å². The Morgan fingerprint density at radius 1 is 1.11 bits per heavy atom. The van der Waals surface area contributed by atoms with Crippen LogP contribution < -0.4 is 10.2 Å². The van der Waals surface area contributed by atoms with Crippen molar-refractivity contribution in [3.8, 4) is 18.1 Å². The Bertz CT molecular complexity index is 1230. The monoisotopic (exact) mass is 368 g/mol. The summed E-state index contributed by atoms with van der Waals surface area (Å²) in [7, 11) is 0. The van der Waals surface area contributed by atoms with Crippen LogP contribution >= 0.6 is 0 Å². The normalized spacial score (nSPS) is 11.0.